The SMILES string of the molecule is CN(C)CC1CC(O)CN1C(=O)CC(N)=NO. The molecule has 2 unspecified atom stereocenters. The number of hydrogen-bond acceptors (Lipinski definition) is 5. The van der Waals surface area contributed by atoms with Crippen LogP contribution >= 0.6 is 0 Å². The third-order valence-corrected chi connectivity index (χ3v) is 2.75. The minimum atomic E-state index is -0.490. The van der Waals surface area contributed by atoms with Crippen LogP contribution in [0.2, 0.25) is 0 Å². The van der Waals surface area contributed by atoms with Crippen LogP contribution in [0.1, 0.15) is 12.8 Å². The molecule has 1 rings (SSSR count). The van der Waals surface area contributed by atoms with E-state index >= 15 is 0 Å². The fourth-order valence-electron chi connectivity index (χ4n) is 2.08. The Labute approximate surface area is 100 Å². The number of carbonyl (C=O) groups excluding carboxylic acids is 1. The average Bonchev–Trinajstić information content (AvgIpc) is 2.58. The van der Waals surface area contributed by atoms with E-state index in [2.05, 4.69) is 5.16 Å². The molecule has 0 saturated carbocycles. The molecule has 4 N–H and O–H groups in total. The van der Waals surface area contributed by atoms with Crippen molar-refractivity contribution in [1.82, 2.24) is 9.80 Å². The number of nitrogens with zero attached hydrogens (tertiary/aromatic N) is 3. The molecule has 17 heavy (non-hydrogen) atoms. The zero-order valence-corrected chi connectivity index (χ0v) is 10.2. The van der Waals surface area contributed by atoms with Crippen LogP contribution in [0.15, 0.2) is 5.16 Å². The molecule has 1 saturated heterocycles. The molecule has 98 valence electrons. The Balaban J connectivity index is 2.63. The number of hydrogen-bond donors (Lipinski definition) is 3. The third-order valence-electron chi connectivity index (χ3n) is 2.75. The van der Waals surface area contributed by atoms with Gasteiger partial charge < -0.3 is 25.8 Å². The van der Waals surface area contributed by atoms with Gasteiger partial charge in [-0.1, -0.05) is 5.16 Å². The first-order valence-electron chi connectivity index (χ1n) is 5.52. The molecule has 0 radical (unpaired) electrons. The van der Waals surface area contributed by atoms with E-state index < -0.39 is 6.10 Å². The highest BCUT2D eigenvalue weighted by molar-refractivity contribution is 5.98. The van der Waals surface area contributed by atoms with Crippen molar-refractivity contribution in [2.45, 2.75) is 25.0 Å². The zero-order chi connectivity index (χ0) is 13.0. The number of amidine groups is 1. The van der Waals surface area contributed by atoms with Crippen molar-refractivity contribution in [1.29, 1.82) is 0 Å². The summed E-state index contributed by atoms with van der Waals surface area (Å²) in [7, 11) is 3.83. The van der Waals surface area contributed by atoms with Gasteiger partial charge in [0, 0.05) is 19.1 Å². The van der Waals surface area contributed by atoms with E-state index in [0.717, 1.165) is 0 Å². The number of β-amino-alcohol motifs (C(OH)–C–C–N with tert-alkyl or cyclic N) is 1. The first kappa shape index (κ1) is 13.7. The van der Waals surface area contributed by atoms with Gasteiger partial charge in [0.2, 0.25) is 5.91 Å². The summed E-state index contributed by atoms with van der Waals surface area (Å²) in [6.07, 6.45) is -0.0380. The van der Waals surface area contributed by atoms with Gasteiger partial charge in [0.05, 0.1) is 12.5 Å². The molecule has 7 nitrogen and oxygen atoms in total. The summed E-state index contributed by atoms with van der Waals surface area (Å²) in [5, 5.41) is 20.8. The monoisotopic (exact) mass is 244 g/mol. The van der Waals surface area contributed by atoms with E-state index in [1.165, 1.54) is 0 Å². The van der Waals surface area contributed by atoms with E-state index in [-0.39, 0.29) is 24.2 Å². The molecule has 1 aliphatic heterocycles. The van der Waals surface area contributed by atoms with E-state index in [1.54, 1.807) is 4.90 Å². The third kappa shape index (κ3) is 3.86. The Morgan fingerprint density at radius 2 is 2.24 bits per heavy atom. The van der Waals surface area contributed by atoms with Crippen LogP contribution in [-0.4, -0.2) is 71.2 Å². The van der Waals surface area contributed by atoms with Gasteiger partial charge in [-0.2, -0.15) is 0 Å². The average molecular weight is 244 g/mol. The predicted molar refractivity (Wildman–Crippen MR) is 62.7 cm³/mol. The Bertz CT molecular complexity index is 306. The summed E-state index contributed by atoms with van der Waals surface area (Å²) >= 11 is 0. The van der Waals surface area contributed by atoms with Crippen LogP contribution < -0.4 is 5.73 Å². The van der Waals surface area contributed by atoms with Gasteiger partial charge >= 0.3 is 0 Å². The number of carbonyl (C=O) groups is 1. The second-order valence-electron chi connectivity index (χ2n) is 4.62. The van der Waals surface area contributed by atoms with Gasteiger partial charge in [0.1, 0.15) is 5.84 Å². The summed E-state index contributed by atoms with van der Waals surface area (Å²) in [4.78, 5) is 15.4. The van der Waals surface area contributed by atoms with Gasteiger partial charge in [0.25, 0.3) is 0 Å². The molecule has 0 aromatic carbocycles. The van der Waals surface area contributed by atoms with E-state index in [0.29, 0.717) is 19.5 Å². The van der Waals surface area contributed by atoms with Crippen molar-refractivity contribution in [3.8, 4) is 0 Å². The molecule has 0 aromatic rings. The second-order valence-corrected chi connectivity index (χ2v) is 4.62. The van der Waals surface area contributed by atoms with E-state index in [4.69, 9.17) is 10.9 Å². The van der Waals surface area contributed by atoms with Crippen molar-refractivity contribution in [2.24, 2.45) is 10.9 Å². The molecule has 0 aromatic heterocycles. The Kier molecular flexibility index (Phi) is 4.71. The van der Waals surface area contributed by atoms with Gasteiger partial charge in [-0.05, 0) is 20.5 Å². The fraction of sp³-hybridized carbons (Fsp3) is 0.800. The number of oxime groups is 1. The topological polar surface area (TPSA) is 102 Å². The van der Waals surface area contributed by atoms with Crippen LogP contribution in [0.5, 0.6) is 0 Å². The molecule has 1 heterocycles. The molecule has 0 aliphatic carbocycles. The molecule has 7 heteroatoms. The lowest BCUT2D eigenvalue weighted by Crippen LogP contribution is -2.42. The minimum Gasteiger partial charge on any atom is -0.409 e. The Hall–Kier alpha value is -1.34. The normalized spacial score (nSPS) is 25.6. The number of nitrogens with two attached hydrogens (primary N) is 1. The van der Waals surface area contributed by atoms with Gasteiger partial charge in [0.15, 0.2) is 0 Å². The van der Waals surface area contributed by atoms with Crippen molar-refractivity contribution < 1.29 is 15.1 Å². The summed E-state index contributed by atoms with van der Waals surface area (Å²) in [5.41, 5.74) is 5.30. The Morgan fingerprint density at radius 1 is 1.59 bits per heavy atom. The summed E-state index contributed by atoms with van der Waals surface area (Å²) in [6, 6.07) is -0.0148. The molecule has 1 aliphatic rings. The quantitative estimate of drug-likeness (QED) is 0.245. The Morgan fingerprint density at radius 3 is 2.76 bits per heavy atom. The summed E-state index contributed by atoms with van der Waals surface area (Å²) < 4.78 is 0. The number of likely N-dealkylation sites (N-methyl/N-ethyl adjacent to an activating group) is 1. The van der Waals surface area contributed by atoms with Gasteiger partial charge in [-0.3, -0.25) is 4.79 Å². The molecular formula is C10H20N4O3. The van der Waals surface area contributed by atoms with Crippen molar-refractivity contribution in [3.63, 3.8) is 0 Å². The number of likely N-dealkylation sites (tertiary alicyclic amines) is 1. The smallest absolute Gasteiger partial charge is 0.230 e. The molecule has 1 amide bonds. The molecule has 0 bridgehead atoms. The van der Waals surface area contributed by atoms with Crippen LogP contribution in [0.25, 0.3) is 0 Å². The molecule has 2 atom stereocenters. The summed E-state index contributed by atoms with van der Waals surface area (Å²) in [5.74, 6) is -0.330. The zero-order valence-electron chi connectivity index (χ0n) is 10.2. The minimum absolute atomic E-state index is 0.0148. The fourth-order valence-corrected chi connectivity index (χ4v) is 2.08. The second kappa shape index (κ2) is 5.83. The molecule has 0 spiro atoms. The number of aliphatic hydroxyl groups excluding tert-OH is 1. The van der Waals surface area contributed by atoms with Crippen LogP contribution in [0.3, 0.4) is 0 Å². The van der Waals surface area contributed by atoms with Gasteiger partial charge in [-0.25, -0.2) is 0 Å². The van der Waals surface area contributed by atoms with Gasteiger partial charge in [-0.15, -0.1) is 0 Å². The predicted octanol–water partition coefficient (Wildman–Crippen LogP) is -1.35. The highest BCUT2D eigenvalue weighted by Crippen LogP contribution is 2.19. The first-order valence-corrected chi connectivity index (χ1v) is 5.52. The van der Waals surface area contributed by atoms with Crippen molar-refractivity contribution in [2.75, 3.05) is 27.2 Å². The largest absolute Gasteiger partial charge is 0.409 e. The number of amides is 1. The number of aliphatic hydroxyl groups is 1. The van der Waals surface area contributed by atoms with Crippen LogP contribution in [-0.2, 0) is 4.79 Å². The van der Waals surface area contributed by atoms with E-state index in [1.807, 2.05) is 19.0 Å². The highest BCUT2D eigenvalue weighted by atomic mass is 16.4. The lowest BCUT2D eigenvalue weighted by molar-refractivity contribution is -0.131. The standard InChI is InChI=1S/C10H20N4O3/c1-13(2)5-7-3-8(15)6-14(7)10(16)4-9(11)12-17/h7-8,15,17H,3-6H2,1-2H3,(H2,11,12). The maximum absolute atomic E-state index is 11.9. The van der Waals surface area contributed by atoms with Crippen LogP contribution in [0.4, 0.5) is 0 Å². The van der Waals surface area contributed by atoms with Crippen molar-refractivity contribution >= 4 is 11.7 Å². The van der Waals surface area contributed by atoms with E-state index in [9.17, 15) is 9.90 Å². The summed E-state index contributed by atoms with van der Waals surface area (Å²) in [6.45, 7) is 1.01. The number of rotatable bonds is 4. The lowest BCUT2D eigenvalue weighted by Gasteiger charge is -2.26. The molecule has 1 fully saturated rings. The lowest BCUT2D eigenvalue weighted by atomic mass is 10.2. The maximum atomic E-state index is 11.9. The molecular weight excluding hydrogens is 224 g/mol. The van der Waals surface area contributed by atoms with Crippen LogP contribution in [0, 0.1) is 0 Å². The first-order chi connectivity index (χ1) is 7.93. The van der Waals surface area contributed by atoms with Crippen molar-refractivity contribution in [3.05, 3.63) is 0 Å². The highest BCUT2D eigenvalue weighted by Gasteiger charge is 2.34. The maximum Gasteiger partial charge on any atom is 0.230 e.